The molecule has 0 saturated carbocycles. The van der Waals surface area contributed by atoms with E-state index in [2.05, 4.69) is 4.98 Å². The molecule has 0 radical (unpaired) electrons. The minimum atomic E-state index is -0.159. The van der Waals surface area contributed by atoms with Crippen LogP contribution < -0.4 is 5.73 Å². The van der Waals surface area contributed by atoms with Crippen molar-refractivity contribution >= 4 is 23.3 Å². The number of halogens is 1. The molecule has 1 rings (SSSR count). The summed E-state index contributed by atoms with van der Waals surface area (Å²) in [5, 5.41) is 9.11. The molecule has 1 aromatic rings. The Morgan fingerprint density at radius 3 is 2.78 bits per heavy atom. The molecule has 0 aliphatic carbocycles. The Bertz CT molecular complexity index is 424. The van der Waals surface area contributed by atoms with E-state index in [1.807, 2.05) is 13.8 Å². The number of amides is 1. The molecule has 3 N–H and O–H groups in total. The smallest absolute Gasteiger partial charge is 0.255 e. The van der Waals surface area contributed by atoms with E-state index >= 15 is 0 Å². The molecule has 0 unspecified atom stereocenters. The van der Waals surface area contributed by atoms with E-state index in [0.29, 0.717) is 18.5 Å². The Kier molecular flexibility index (Phi) is 5.37. The summed E-state index contributed by atoms with van der Waals surface area (Å²) in [6, 6.07) is 1.56. The Morgan fingerprint density at radius 1 is 1.61 bits per heavy atom. The number of hydrogen-bond donors (Lipinski definition) is 2. The number of hydrogen-bond acceptors (Lipinski definition) is 4. The summed E-state index contributed by atoms with van der Waals surface area (Å²) in [5.74, 6) is 0.0486. The minimum absolute atomic E-state index is 0.0420. The van der Waals surface area contributed by atoms with Crippen molar-refractivity contribution in [3.63, 3.8) is 0 Å². The standard InChI is InChI=1S/C12H18ClN3O2/c1-8(2)16(4-3-5-17)12(18)9-6-10(13)11(14)15-7-9/h6-8,17H,3-5H2,1-2H3,(H2,14,15). The average molecular weight is 272 g/mol. The van der Waals surface area contributed by atoms with Crippen LogP contribution in [-0.2, 0) is 0 Å². The molecule has 6 heteroatoms. The van der Waals surface area contributed by atoms with E-state index < -0.39 is 0 Å². The van der Waals surface area contributed by atoms with E-state index in [1.165, 1.54) is 12.3 Å². The van der Waals surface area contributed by atoms with Gasteiger partial charge < -0.3 is 15.7 Å². The number of rotatable bonds is 5. The Morgan fingerprint density at radius 2 is 2.28 bits per heavy atom. The lowest BCUT2D eigenvalue weighted by atomic mass is 10.2. The van der Waals surface area contributed by atoms with Gasteiger partial charge in [-0.15, -0.1) is 0 Å². The average Bonchev–Trinajstić information content (AvgIpc) is 2.32. The van der Waals surface area contributed by atoms with Crippen LogP contribution in [0.2, 0.25) is 5.02 Å². The van der Waals surface area contributed by atoms with E-state index in [0.717, 1.165) is 0 Å². The molecular weight excluding hydrogens is 254 g/mol. The topological polar surface area (TPSA) is 79.5 Å². The van der Waals surface area contributed by atoms with Gasteiger partial charge in [-0.25, -0.2) is 4.98 Å². The molecule has 1 aromatic heterocycles. The first-order valence-electron chi connectivity index (χ1n) is 5.80. The molecule has 18 heavy (non-hydrogen) atoms. The number of nitrogens with zero attached hydrogens (tertiary/aromatic N) is 2. The van der Waals surface area contributed by atoms with Gasteiger partial charge in [0.1, 0.15) is 5.82 Å². The predicted octanol–water partition coefficient (Wildman–Crippen LogP) is 1.55. The predicted molar refractivity (Wildman–Crippen MR) is 71.5 cm³/mol. The lowest BCUT2D eigenvalue weighted by Gasteiger charge is -2.26. The normalized spacial score (nSPS) is 10.7. The highest BCUT2D eigenvalue weighted by atomic mass is 35.5. The number of anilines is 1. The largest absolute Gasteiger partial charge is 0.396 e. The maximum atomic E-state index is 12.3. The molecular formula is C12H18ClN3O2. The summed E-state index contributed by atoms with van der Waals surface area (Å²) >= 11 is 5.85. The van der Waals surface area contributed by atoms with Crippen LogP contribution in [0.4, 0.5) is 5.82 Å². The first-order chi connectivity index (χ1) is 8.47. The minimum Gasteiger partial charge on any atom is -0.396 e. The van der Waals surface area contributed by atoms with Crippen molar-refractivity contribution in [1.82, 2.24) is 9.88 Å². The van der Waals surface area contributed by atoms with Gasteiger partial charge in [0.25, 0.3) is 5.91 Å². The van der Waals surface area contributed by atoms with Crippen molar-refractivity contribution in [1.29, 1.82) is 0 Å². The number of aliphatic hydroxyl groups excluding tert-OH is 1. The zero-order valence-corrected chi connectivity index (χ0v) is 11.3. The van der Waals surface area contributed by atoms with Crippen LogP contribution in [0.1, 0.15) is 30.6 Å². The first-order valence-corrected chi connectivity index (χ1v) is 6.18. The third-order valence-corrected chi connectivity index (χ3v) is 2.86. The number of aliphatic hydroxyl groups is 1. The molecule has 1 amide bonds. The number of aromatic nitrogens is 1. The van der Waals surface area contributed by atoms with Gasteiger partial charge >= 0.3 is 0 Å². The number of carbonyl (C=O) groups is 1. The van der Waals surface area contributed by atoms with Crippen molar-refractivity contribution in [3.8, 4) is 0 Å². The molecule has 0 saturated heterocycles. The number of nitrogen functional groups attached to an aromatic ring is 1. The molecule has 5 nitrogen and oxygen atoms in total. The molecule has 100 valence electrons. The van der Waals surface area contributed by atoms with Crippen molar-refractivity contribution in [2.75, 3.05) is 18.9 Å². The summed E-state index contributed by atoms with van der Waals surface area (Å²) < 4.78 is 0. The summed E-state index contributed by atoms with van der Waals surface area (Å²) in [6.45, 7) is 4.38. The van der Waals surface area contributed by atoms with E-state index in [4.69, 9.17) is 22.4 Å². The zero-order chi connectivity index (χ0) is 13.7. The Hall–Kier alpha value is -1.33. The first kappa shape index (κ1) is 14.7. The molecule has 0 aromatic carbocycles. The second-order valence-corrected chi connectivity index (χ2v) is 4.67. The van der Waals surface area contributed by atoms with Crippen molar-refractivity contribution < 1.29 is 9.90 Å². The molecule has 0 spiro atoms. The van der Waals surface area contributed by atoms with Crippen LogP contribution in [-0.4, -0.2) is 40.1 Å². The lowest BCUT2D eigenvalue weighted by molar-refractivity contribution is 0.0693. The van der Waals surface area contributed by atoms with Crippen LogP contribution in [0, 0.1) is 0 Å². The second kappa shape index (κ2) is 6.56. The van der Waals surface area contributed by atoms with Gasteiger partial charge in [0.15, 0.2) is 0 Å². The highest BCUT2D eigenvalue weighted by Gasteiger charge is 2.19. The van der Waals surface area contributed by atoms with Gasteiger partial charge in [-0.3, -0.25) is 4.79 Å². The van der Waals surface area contributed by atoms with Gasteiger partial charge in [0.2, 0.25) is 0 Å². The molecule has 0 fully saturated rings. The fourth-order valence-corrected chi connectivity index (χ4v) is 1.73. The maximum absolute atomic E-state index is 12.3. The van der Waals surface area contributed by atoms with Crippen molar-refractivity contribution in [3.05, 3.63) is 22.8 Å². The third kappa shape index (κ3) is 3.58. The highest BCUT2D eigenvalue weighted by Crippen LogP contribution is 2.18. The van der Waals surface area contributed by atoms with Gasteiger partial charge in [-0.2, -0.15) is 0 Å². The lowest BCUT2D eigenvalue weighted by Crippen LogP contribution is -2.38. The summed E-state index contributed by atoms with van der Waals surface area (Å²) in [5.41, 5.74) is 5.91. The fourth-order valence-electron chi connectivity index (χ4n) is 1.57. The van der Waals surface area contributed by atoms with Gasteiger partial charge in [-0.05, 0) is 26.3 Å². The maximum Gasteiger partial charge on any atom is 0.255 e. The molecule has 0 bridgehead atoms. The quantitative estimate of drug-likeness (QED) is 0.852. The van der Waals surface area contributed by atoms with Crippen molar-refractivity contribution in [2.45, 2.75) is 26.3 Å². The summed E-state index contributed by atoms with van der Waals surface area (Å²) in [6.07, 6.45) is 1.96. The SMILES string of the molecule is CC(C)N(CCCO)C(=O)c1cnc(N)c(Cl)c1. The summed E-state index contributed by atoms with van der Waals surface area (Å²) in [7, 11) is 0. The van der Waals surface area contributed by atoms with Crippen LogP contribution >= 0.6 is 11.6 Å². The molecule has 0 aliphatic rings. The Labute approximate surface area is 112 Å². The van der Waals surface area contributed by atoms with Crippen LogP contribution in [0.25, 0.3) is 0 Å². The fraction of sp³-hybridized carbons (Fsp3) is 0.500. The van der Waals surface area contributed by atoms with Gasteiger partial charge in [0, 0.05) is 25.4 Å². The zero-order valence-electron chi connectivity index (χ0n) is 10.6. The van der Waals surface area contributed by atoms with E-state index in [1.54, 1.807) is 4.90 Å². The Balaban J connectivity index is 2.91. The van der Waals surface area contributed by atoms with Gasteiger partial charge in [0.05, 0.1) is 10.6 Å². The monoisotopic (exact) mass is 271 g/mol. The van der Waals surface area contributed by atoms with Crippen molar-refractivity contribution in [2.24, 2.45) is 0 Å². The second-order valence-electron chi connectivity index (χ2n) is 4.26. The van der Waals surface area contributed by atoms with Gasteiger partial charge in [-0.1, -0.05) is 11.6 Å². The number of nitrogens with two attached hydrogens (primary N) is 1. The third-order valence-electron chi connectivity index (χ3n) is 2.56. The van der Waals surface area contributed by atoms with E-state index in [-0.39, 0.29) is 29.4 Å². The highest BCUT2D eigenvalue weighted by molar-refractivity contribution is 6.33. The number of carbonyl (C=O) groups excluding carboxylic acids is 1. The summed E-state index contributed by atoms with van der Waals surface area (Å²) in [4.78, 5) is 17.8. The molecule has 0 aliphatic heterocycles. The van der Waals surface area contributed by atoms with Crippen LogP contribution in [0.3, 0.4) is 0 Å². The van der Waals surface area contributed by atoms with Crippen LogP contribution in [0.5, 0.6) is 0 Å². The van der Waals surface area contributed by atoms with Crippen LogP contribution in [0.15, 0.2) is 12.3 Å². The molecule has 1 heterocycles. The van der Waals surface area contributed by atoms with E-state index in [9.17, 15) is 4.79 Å². The molecule has 0 atom stereocenters. The number of pyridine rings is 1.